The molecule has 18 heavy (non-hydrogen) atoms. The molecule has 0 radical (unpaired) electrons. The standard InChI is InChI=1S/C10H13N5O2S/c1-7-8(5-13-15-7)6-14-18(16,17)9-3-2-4-12-10(9)11/h2-5,14H,6H2,1H3,(H2,11,12)(H,13,15). The van der Waals surface area contributed by atoms with Crippen LogP contribution in [0.1, 0.15) is 11.3 Å². The average Bonchev–Trinajstić information content (AvgIpc) is 2.73. The van der Waals surface area contributed by atoms with Gasteiger partial charge in [-0.1, -0.05) is 0 Å². The number of nitrogens with zero attached hydrogens (tertiary/aromatic N) is 2. The average molecular weight is 267 g/mol. The van der Waals surface area contributed by atoms with Crippen molar-refractivity contribution in [1.82, 2.24) is 19.9 Å². The zero-order valence-corrected chi connectivity index (χ0v) is 10.5. The minimum absolute atomic E-state index is 0.0195. The van der Waals surface area contributed by atoms with E-state index in [1.54, 1.807) is 6.20 Å². The van der Waals surface area contributed by atoms with Crippen LogP contribution >= 0.6 is 0 Å². The van der Waals surface area contributed by atoms with Crippen LogP contribution in [0.4, 0.5) is 5.82 Å². The predicted molar refractivity (Wildman–Crippen MR) is 66.0 cm³/mol. The summed E-state index contributed by atoms with van der Waals surface area (Å²) in [5, 5.41) is 6.55. The van der Waals surface area contributed by atoms with Crippen LogP contribution in [0.3, 0.4) is 0 Å². The summed E-state index contributed by atoms with van der Waals surface area (Å²) in [5.41, 5.74) is 7.13. The van der Waals surface area contributed by atoms with E-state index in [4.69, 9.17) is 5.73 Å². The first-order chi connectivity index (χ1) is 8.50. The molecule has 2 rings (SSSR count). The first kappa shape index (κ1) is 12.5. The van der Waals surface area contributed by atoms with E-state index in [1.807, 2.05) is 6.92 Å². The van der Waals surface area contributed by atoms with Gasteiger partial charge in [0, 0.05) is 24.0 Å². The van der Waals surface area contributed by atoms with Crippen LogP contribution in [-0.2, 0) is 16.6 Å². The number of aryl methyl sites for hydroxylation is 1. The molecule has 0 bridgehead atoms. The number of pyridine rings is 1. The third kappa shape index (κ3) is 2.49. The number of aromatic amines is 1. The van der Waals surface area contributed by atoms with Gasteiger partial charge in [-0.2, -0.15) is 5.10 Å². The molecule has 8 heteroatoms. The lowest BCUT2D eigenvalue weighted by Gasteiger charge is -2.07. The Morgan fingerprint density at radius 3 is 2.89 bits per heavy atom. The number of aromatic nitrogens is 3. The van der Waals surface area contributed by atoms with Crippen molar-refractivity contribution in [1.29, 1.82) is 0 Å². The van der Waals surface area contributed by atoms with Gasteiger partial charge in [-0.05, 0) is 19.1 Å². The number of sulfonamides is 1. The molecule has 0 aliphatic heterocycles. The largest absolute Gasteiger partial charge is 0.383 e. The van der Waals surface area contributed by atoms with Gasteiger partial charge in [0.1, 0.15) is 10.7 Å². The van der Waals surface area contributed by atoms with Gasteiger partial charge < -0.3 is 5.73 Å². The lowest BCUT2D eigenvalue weighted by atomic mass is 10.3. The van der Waals surface area contributed by atoms with Crippen molar-refractivity contribution in [2.24, 2.45) is 0 Å². The van der Waals surface area contributed by atoms with Gasteiger partial charge in [0.2, 0.25) is 10.0 Å². The summed E-state index contributed by atoms with van der Waals surface area (Å²) in [5.74, 6) is -0.0195. The number of nitrogens with one attached hydrogen (secondary N) is 2. The van der Waals surface area contributed by atoms with Crippen molar-refractivity contribution in [3.05, 3.63) is 35.8 Å². The fourth-order valence-electron chi connectivity index (χ4n) is 1.43. The summed E-state index contributed by atoms with van der Waals surface area (Å²) in [6.07, 6.45) is 3.01. The zero-order chi connectivity index (χ0) is 13.2. The second-order valence-corrected chi connectivity index (χ2v) is 5.47. The molecule has 0 saturated heterocycles. The summed E-state index contributed by atoms with van der Waals surface area (Å²) >= 11 is 0. The minimum atomic E-state index is -3.66. The Kier molecular flexibility index (Phi) is 3.30. The number of nitrogens with two attached hydrogens (primary N) is 1. The van der Waals surface area contributed by atoms with Crippen molar-refractivity contribution in [3.63, 3.8) is 0 Å². The van der Waals surface area contributed by atoms with Crippen LogP contribution in [0.2, 0.25) is 0 Å². The van der Waals surface area contributed by atoms with Gasteiger partial charge in [0.05, 0.1) is 6.20 Å². The van der Waals surface area contributed by atoms with Crippen molar-refractivity contribution < 1.29 is 8.42 Å². The Hall–Kier alpha value is -1.93. The molecule has 0 unspecified atom stereocenters. The van der Waals surface area contributed by atoms with Crippen LogP contribution in [-0.4, -0.2) is 23.6 Å². The molecule has 96 valence electrons. The number of rotatable bonds is 4. The molecule has 0 amide bonds. The van der Waals surface area contributed by atoms with Crippen molar-refractivity contribution in [2.75, 3.05) is 5.73 Å². The Morgan fingerprint density at radius 2 is 2.28 bits per heavy atom. The van der Waals surface area contributed by atoms with Crippen LogP contribution in [0.5, 0.6) is 0 Å². The highest BCUT2D eigenvalue weighted by atomic mass is 32.2. The van der Waals surface area contributed by atoms with E-state index in [0.29, 0.717) is 0 Å². The van der Waals surface area contributed by atoms with E-state index < -0.39 is 10.0 Å². The summed E-state index contributed by atoms with van der Waals surface area (Å²) < 4.78 is 26.4. The van der Waals surface area contributed by atoms with Gasteiger partial charge >= 0.3 is 0 Å². The molecule has 7 nitrogen and oxygen atoms in total. The Morgan fingerprint density at radius 1 is 1.50 bits per heavy atom. The molecule has 0 aromatic carbocycles. The summed E-state index contributed by atoms with van der Waals surface area (Å²) in [6, 6.07) is 2.93. The maximum Gasteiger partial charge on any atom is 0.244 e. The highest BCUT2D eigenvalue weighted by molar-refractivity contribution is 7.89. The van der Waals surface area contributed by atoms with E-state index >= 15 is 0 Å². The van der Waals surface area contributed by atoms with E-state index in [-0.39, 0.29) is 17.3 Å². The number of hydrogen-bond acceptors (Lipinski definition) is 5. The Balaban J connectivity index is 2.19. The molecule has 0 aliphatic carbocycles. The molecule has 0 saturated carbocycles. The molecule has 2 aromatic heterocycles. The fourth-order valence-corrected chi connectivity index (χ4v) is 2.52. The Labute approximate surface area is 104 Å². The fraction of sp³-hybridized carbons (Fsp3) is 0.200. The highest BCUT2D eigenvalue weighted by Gasteiger charge is 2.17. The summed E-state index contributed by atoms with van der Waals surface area (Å²) in [4.78, 5) is 3.73. The maximum absolute atomic E-state index is 12.0. The van der Waals surface area contributed by atoms with Crippen molar-refractivity contribution in [3.8, 4) is 0 Å². The third-order valence-electron chi connectivity index (χ3n) is 2.48. The molecular formula is C10H13N5O2S. The van der Waals surface area contributed by atoms with Gasteiger partial charge in [0.25, 0.3) is 0 Å². The predicted octanol–water partition coefficient (Wildman–Crippen LogP) is 0.174. The molecule has 0 fully saturated rings. The maximum atomic E-state index is 12.0. The SMILES string of the molecule is Cc1[nH]ncc1CNS(=O)(=O)c1cccnc1N. The van der Waals surface area contributed by atoms with Crippen molar-refractivity contribution in [2.45, 2.75) is 18.4 Å². The first-order valence-corrected chi connectivity index (χ1v) is 6.68. The lowest BCUT2D eigenvalue weighted by Crippen LogP contribution is -2.24. The summed E-state index contributed by atoms with van der Waals surface area (Å²) in [6.45, 7) is 1.97. The van der Waals surface area contributed by atoms with Crippen molar-refractivity contribution >= 4 is 15.8 Å². The van der Waals surface area contributed by atoms with Crippen LogP contribution < -0.4 is 10.5 Å². The third-order valence-corrected chi connectivity index (χ3v) is 3.92. The second kappa shape index (κ2) is 4.75. The van der Waals surface area contributed by atoms with Gasteiger partial charge in [-0.25, -0.2) is 18.1 Å². The van der Waals surface area contributed by atoms with Gasteiger partial charge in [-0.3, -0.25) is 5.10 Å². The topological polar surface area (TPSA) is 114 Å². The molecule has 0 atom stereocenters. The number of anilines is 1. The molecule has 2 heterocycles. The van der Waals surface area contributed by atoms with Crippen LogP contribution in [0, 0.1) is 6.92 Å². The molecule has 4 N–H and O–H groups in total. The summed E-state index contributed by atoms with van der Waals surface area (Å²) in [7, 11) is -3.66. The number of hydrogen-bond donors (Lipinski definition) is 3. The number of H-pyrrole nitrogens is 1. The van der Waals surface area contributed by atoms with E-state index in [1.165, 1.54) is 18.3 Å². The zero-order valence-electron chi connectivity index (χ0n) is 9.71. The first-order valence-electron chi connectivity index (χ1n) is 5.19. The Bertz CT molecular complexity index is 650. The van der Waals surface area contributed by atoms with Gasteiger partial charge in [0.15, 0.2) is 0 Å². The lowest BCUT2D eigenvalue weighted by molar-refractivity contribution is 0.581. The second-order valence-electron chi connectivity index (χ2n) is 3.73. The highest BCUT2D eigenvalue weighted by Crippen LogP contribution is 2.14. The van der Waals surface area contributed by atoms with Crippen LogP contribution in [0.15, 0.2) is 29.4 Å². The normalized spacial score (nSPS) is 11.6. The molecule has 0 aliphatic rings. The van der Waals surface area contributed by atoms with E-state index in [2.05, 4.69) is 19.9 Å². The van der Waals surface area contributed by atoms with Crippen LogP contribution in [0.25, 0.3) is 0 Å². The van der Waals surface area contributed by atoms with E-state index in [0.717, 1.165) is 11.3 Å². The molecular weight excluding hydrogens is 254 g/mol. The quantitative estimate of drug-likeness (QED) is 0.731. The van der Waals surface area contributed by atoms with E-state index in [9.17, 15) is 8.42 Å². The monoisotopic (exact) mass is 267 g/mol. The minimum Gasteiger partial charge on any atom is -0.383 e. The number of nitrogen functional groups attached to an aromatic ring is 1. The molecule has 0 spiro atoms. The molecule has 2 aromatic rings. The smallest absolute Gasteiger partial charge is 0.244 e. The van der Waals surface area contributed by atoms with Gasteiger partial charge in [-0.15, -0.1) is 0 Å².